The van der Waals surface area contributed by atoms with Gasteiger partial charge in [-0.05, 0) is 74.3 Å². The molecule has 0 N–H and O–H groups in total. The van der Waals surface area contributed by atoms with Crippen molar-refractivity contribution in [2.45, 2.75) is 57.8 Å². The predicted octanol–water partition coefficient (Wildman–Crippen LogP) is 5.41. The number of benzene rings is 2. The van der Waals surface area contributed by atoms with Crippen molar-refractivity contribution in [3.05, 3.63) is 53.6 Å². The summed E-state index contributed by atoms with van der Waals surface area (Å²) in [5.74, 6) is -0.166. The molecule has 0 aliphatic carbocycles. The highest BCUT2D eigenvalue weighted by Crippen LogP contribution is 2.31. The van der Waals surface area contributed by atoms with Crippen LogP contribution in [0.15, 0.2) is 47.4 Å². The topological polar surface area (TPSA) is 73.8 Å². The van der Waals surface area contributed by atoms with Crippen LogP contribution in [-0.2, 0) is 16.4 Å². The highest BCUT2D eigenvalue weighted by Gasteiger charge is 2.27. The molecule has 37 heavy (non-hydrogen) atoms. The number of rotatable bonds is 10. The summed E-state index contributed by atoms with van der Waals surface area (Å²) in [6, 6.07) is 12.7. The van der Waals surface area contributed by atoms with Crippen LogP contribution in [0.4, 0.5) is 5.13 Å². The van der Waals surface area contributed by atoms with Crippen LogP contribution < -0.4 is 4.90 Å². The van der Waals surface area contributed by atoms with Crippen molar-refractivity contribution in [2.24, 2.45) is 0 Å². The minimum absolute atomic E-state index is 0.166. The normalized spacial score (nSPS) is 15.2. The smallest absolute Gasteiger partial charge is 0.260 e. The number of thiazole rings is 1. The first-order valence-electron chi connectivity index (χ1n) is 13.4. The lowest BCUT2D eigenvalue weighted by Crippen LogP contribution is -2.39. The van der Waals surface area contributed by atoms with Crippen molar-refractivity contribution in [3.63, 3.8) is 0 Å². The van der Waals surface area contributed by atoms with Gasteiger partial charge in [-0.2, -0.15) is 4.31 Å². The summed E-state index contributed by atoms with van der Waals surface area (Å²) in [6.45, 7) is 10.5. The van der Waals surface area contributed by atoms with E-state index in [0.717, 1.165) is 62.0 Å². The summed E-state index contributed by atoms with van der Waals surface area (Å²) < 4.78 is 29.0. The van der Waals surface area contributed by atoms with E-state index in [2.05, 4.69) is 37.8 Å². The van der Waals surface area contributed by atoms with Crippen LogP contribution in [0.5, 0.6) is 0 Å². The van der Waals surface area contributed by atoms with E-state index in [1.165, 1.54) is 16.9 Å². The second-order valence-corrected chi connectivity index (χ2v) is 12.4. The summed E-state index contributed by atoms with van der Waals surface area (Å²) in [4.78, 5) is 22.8. The third kappa shape index (κ3) is 6.39. The number of aryl methyl sites for hydroxylation is 1. The van der Waals surface area contributed by atoms with Crippen LogP contribution in [0.3, 0.4) is 0 Å². The molecule has 4 rings (SSSR count). The van der Waals surface area contributed by atoms with Crippen LogP contribution in [0.25, 0.3) is 10.2 Å². The summed E-state index contributed by atoms with van der Waals surface area (Å²) in [5.41, 5.74) is 2.59. The van der Waals surface area contributed by atoms with E-state index in [1.807, 2.05) is 6.07 Å². The monoisotopic (exact) mass is 542 g/mol. The average Bonchev–Trinajstić information content (AvgIpc) is 3.13. The molecule has 1 aliphatic heterocycles. The number of hydrogen-bond donors (Lipinski definition) is 0. The minimum Gasteiger partial charge on any atom is -0.302 e. The molecule has 0 bridgehead atoms. The molecule has 2 aromatic carbocycles. The van der Waals surface area contributed by atoms with Gasteiger partial charge in [0.1, 0.15) is 0 Å². The second-order valence-electron chi connectivity index (χ2n) is 9.48. The molecule has 0 atom stereocenters. The quantitative estimate of drug-likeness (QED) is 0.342. The Bertz CT molecular complexity index is 1290. The Hall–Kier alpha value is -2.33. The number of nitrogens with zero attached hydrogens (tertiary/aromatic N) is 4. The third-order valence-corrected chi connectivity index (χ3v) is 10.1. The summed E-state index contributed by atoms with van der Waals surface area (Å²) in [7, 11) is -3.56. The maximum atomic E-state index is 13.8. The standard InChI is InChI=1S/C28H38N4O3S2/c1-4-22-11-16-25-26(21-22)36-28(29-25)32(20-19-30(5-2)6-3)27(33)23-12-14-24(15-13-23)37(34,35)31-17-9-7-8-10-18-31/h11-16,21H,4-10,17-20H2,1-3H3. The van der Waals surface area contributed by atoms with Gasteiger partial charge in [-0.15, -0.1) is 0 Å². The Balaban J connectivity index is 1.61. The number of anilines is 1. The van der Waals surface area contributed by atoms with Gasteiger partial charge < -0.3 is 4.90 Å². The van der Waals surface area contributed by atoms with Crippen LogP contribution in [0, 0.1) is 0 Å². The number of carbonyl (C=O) groups excluding carboxylic acids is 1. The van der Waals surface area contributed by atoms with E-state index >= 15 is 0 Å². The van der Waals surface area contributed by atoms with E-state index in [1.54, 1.807) is 33.5 Å². The number of aromatic nitrogens is 1. The first kappa shape index (κ1) is 27.7. The lowest BCUT2D eigenvalue weighted by molar-refractivity contribution is 0.0983. The summed E-state index contributed by atoms with van der Waals surface area (Å²) in [5, 5.41) is 0.668. The maximum Gasteiger partial charge on any atom is 0.260 e. The Kier molecular flexibility index (Phi) is 9.34. The molecule has 1 fully saturated rings. The number of fused-ring (bicyclic) bond motifs is 1. The minimum atomic E-state index is -3.56. The van der Waals surface area contributed by atoms with Crippen molar-refractivity contribution < 1.29 is 13.2 Å². The van der Waals surface area contributed by atoms with Gasteiger partial charge in [-0.1, -0.05) is 51.0 Å². The molecular weight excluding hydrogens is 504 g/mol. The third-order valence-electron chi connectivity index (χ3n) is 7.16. The molecule has 0 unspecified atom stereocenters. The Labute approximate surface area is 225 Å². The molecule has 0 radical (unpaired) electrons. The van der Waals surface area contributed by atoms with E-state index in [9.17, 15) is 13.2 Å². The van der Waals surface area contributed by atoms with Crippen LogP contribution in [0.2, 0.25) is 0 Å². The molecular formula is C28H38N4O3S2. The van der Waals surface area contributed by atoms with Gasteiger partial charge in [0, 0.05) is 31.7 Å². The van der Waals surface area contributed by atoms with Crippen LogP contribution >= 0.6 is 11.3 Å². The zero-order valence-electron chi connectivity index (χ0n) is 22.1. The molecule has 2 heterocycles. The zero-order chi connectivity index (χ0) is 26.4. The van der Waals surface area contributed by atoms with E-state index in [0.29, 0.717) is 30.3 Å². The SMILES string of the molecule is CCc1ccc2nc(N(CCN(CC)CC)C(=O)c3ccc(S(=O)(=O)N4CCCCCC4)cc3)sc2c1. The van der Waals surface area contributed by atoms with Crippen molar-refractivity contribution in [2.75, 3.05) is 44.2 Å². The fourth-order valence-electron chi connectivity index (χ4n) is 4.71. The van der Waals surface area contributed by atoms with Gasteiger partial charge in [0.05, 0.1) is 15.1 Å². The Morgan fingerprint density at radius 1 is 0.946 bits per heavy atom. The average molecular weight is 543 g/mol. The zero-order valence-corrected chi connectivity index (χ0v) is 23.8. The van der Waals surface area contributed by atoms with E-state index < -0.39 is 10.0 Å². The largest absolute Gasteiger partial charge is 0.302 e. The van der Waals surface area contributed by atoms with Gasteiger partial charge in [0.15, 0.2) is 5.13 Å². The molecule has 1 aliphatic rings. The second kappa shape index (κ2) is 12.5. The Morgan fingerprint density at radius 3 is 2.24 bits per heavy atom. The molecule has 3 aromatic rings. The van der Waals surface area contributed by atoms with Gasteiger partial charge in [0.25, 0.3) is 5.91 Å². The van der Waals surface area contributed by atoms with Crippen molar-refractivity contribution in [1.29, 1.82) is 0 Å². The van der Waals surface area contributed by atoms with Crippen molar-refractivity contribution in [1.82, 2.24) is 14.2 Å². The maximum absolute atomic E-state index is 13.8. The number of amides is 1. The molecule has 7 nitrogen and oxygen atoms in total. The molecule has 0 saturated carbocycles. The van der Waals surface area contributed by atoms with Crippen molar-refractivity contribution in [3.8, 4) is 0 Å². The van der Waals surface area contributed by atoms with E-state index in [-0.39, 0.29) is 10.8 Å². The molecule has 1 saturated heterocycles. The summed E-state index contributed by atoms with van der Waals surface area (Å²) >= 11 is 1.53. The lowest BCUT2D eigenvalue weighted by atomic mass is 10.2. The molecule has 200 valence electrons. The first-order chi connectivity index (χ1) is 17.9. The number of sulfonamides is 1. The first-order valence-corrected chi connectivity index (χ1v) is 15.7. The molecule has 9 heteroatoms. The van der Waals surface area contributed by atoms with Crippen molar-refractivity contribution >= 4 is 42.6 Å². The van der Waals surface area contributed by atoms with Crippen LogP contribution in [-0.4, -0.2) is 67.8 Å². The Morgan fingerprint density at radius 2 is 1.62 bits per heavy atom. The molecule has 1 amide bonds. The lowest BCUT2D eigenvalue weighted by Gasteiger charge is -2.25. The molecule has 0 spiro atoms. The fraction of sp³-hybridized carbons (Fsp3) is 0.500. The number of hydrogen-bond acceptors (Lipinski definition) is 6. The highest BCUT2D eigenvalue weighted by molar-refractivity contribution is 7.89. The van der Waals surface area contributed by atoms with Crippen LogP contribution in [0.1, 0.15) is 62.4 Å². The van der Waals surface area contributed by atoms with Gasteiger partial charge in [0.2, 0.25) is 10.0 Å². The summed E-state index contributed by atoms with van der Waals surface area (Å²) in [6.07, 6.45) is 4.85. The number of likely N-dealkylation sites (N-methyl/N-ethyl adjacent to an activating group) is 1. The molecule has 1 aromatic heterocycles. The van der Waals surface area contributed by atoms with Gasteiger partial charge >= 0.3 is 0 Å². The van der Waals surface area contributed by atoms with Gasteiger partial charge in [-0.3, -0.25) is 9.69 Å². The fourth-order valence-corrected chi connectivity index (χ4v) is 7.28. The van der Waals surface area contributed by atoms with Gasteiger partial charge in [-0.25, -0.2) is 13.4 Å². The van der Waals surface area contributed by atoms with E-state index in [4.69, 9.17) is 4.98 Å². The highest BCUT2D eigenvalue weighted by atomic mass is 32.2. The predicted molar refractivity (Wildman–Crippen MR) is 152 cm³/mol. The number of carbonyl (C=O) groups is 1.